The Hall–Kier alpha value is -2.16. The monoisotopic (exact) mass is 210 g/mol. The zero-order chi connectivity index (χ0) is 11.0. The number of fused-ring (bicyclic) bond motifs is 1. The molecule has 0 aliphatic rings. The van der Waals surface area contributed by atoms with Gasteiger partial charge in [0.25, 0.3) is 0 Å². The first-order valence-electron chi connectivity index (χ1n) is 5.10. The highest BCUT2D eigenvalue weighted by Crippen LogP contribution is 2.20. The van der Waals surface area contributed by atoms with Gasteiger partial charge in [-0.2, -0.15) is 4.98 Å². The summed E-state index contributed by atoms with van der Waals surface area (Å²) in [6.07, 6.45) is 1.41. The van der Waals surface area contributed by atoms with Crippen LogP contribution >= 0.6 is 0 Å². The van der Waals surface area contributed by atoms with Gasteiger partial charge in [0.1, 0.15) is 0 Å². The van der Waals surface area contributed by atoms with Gasteiger partial charge >= 0.3 is 0 Å². The van der Waals surface area contributed by atoms with E-state index in [0.29, 0.717) is 5.65 Å². The number of hydrogen-bond donors (Lipinski definition) is 0. The van der Waals surface area contributed by atoms with Crippen molar-refractivity contribution in [3.05, 3.63) is 48.4 Å². The smallest absolute Gasteiger partial charge is 0.199 e. The minimum absolute atomic E-state index is 0.652. The molecule has 2 aromatic heterocycles. The van der Waals surface area contributed by atoms with Crippen molar-refractivity contribution in [3.63, 3.8) is 0 Å². The molecule has 0 unspecified atom stereocenters. The number of pyridine rings is 1. The van der Waals surface area contributed by atoms with E-state index in [9.17, 15) is 0 Å². The summed E-state index contributed by atoms with van der Waals surface area (Å²) in [6, 6.07) is 12.1. The molecular formula is C13H10N2O. The standard InChI is InChI=1S/C13H10N2O/c1-9-3-2-4-10(7-9)11-5-6-12-13(15-11)14-8-16-12/h2-8H,1H3. The Bertz CT molecular complexity index is 643. The van der Waals surface area contributed by atoms with Gasteiger partial charge in [0, 0.05) is 5.56 Å². The quantitative estimate of drug-likeness (QED) is 0.619. The van der Waals surface area contributed by atoms with Crippen LogP contribution in [0.2, 0.25) is 0 Å². The lowest BCUT2D eigenvalue weighted by Crippen LogP contribution is -1.84. The van der Waals surface area contributed by atoms with E-state index in [-0.39, 0.29) is 0 Å². The zero-order valence-corrected chi connectivity index (χ0v) is 8.84. The van der Waals surface area contributed by atoms with E-state index in [2.05, 4.69) is 29.0 Å². The number of aromatic nitrogens is 2. The highest BCUT2D eigenvalue weighted by molar-refractivity contribution is 5.73. The van der Waals surface area contributed by atoms with Gasteiger partial charge in [0.05, 0.1) is 5.69 Å². The number of oxazole rings is 1. The van der Waals surface area contributed by atoms with Gasteiger partial charge in [-0.3, -0.25) is 0 Å². The third-order valence-corrected chi connectivity index (χ3v) is 2.51. The van der Waals surface area contributed by atoms with Crippen molar-refractivity contribution in [2.75, 3.05) is 0 Å². The molecule has 0 aliphatic heterocycles. The van der Waals surface area contributed by atoms with Crippen LogP contribution in [0.1, 0.15) is 5.56 Å². The highest BCUT2D eigenvalue weighted by atomic mass is 16.3. The van der Waals surface area contributed by atoms with Crippen molar-refractivity contribution in [2.24, 2.45) is 0 Å². The molecule has 3 nitrogen and oxygen atoms in total. The van der Waals surface area contributed by atoms with Crippen molar-refractivity contribution in [3.8, 4) is 11.3 Å². The lowest BCUT2D eigenvalue weighted by molar-refractivity contribution is 0.602. The molecule has 3 heteroatoms. The van der Waals surface area contributed by atoms with Crippen molar-refractivity contribution in [1.29, 1.82) is 0 Å². The maximum Gasteiger partial charge on any atom is 0.199 e. The molecule has 0 fully saturated rings. The molecule has 0 saturated heterocycles. The molecule has 0 amide bonds. The van der Waals surface area contributed by atoms with Gasteiger partial charge < -0.3 is 4.42 Å². The number of rotatable bonds is 1. The van der Waals surface area contributed by atoms with E-state index in [0.717, 1.165) is 16.8 Å². The maximum absolute atomic E-state index is 5.16. The summed E-state index contributed by atoms with van der Waals surface area (Å²) in [4.78, 5) is 8.49. The van der Waals surface area contributed by atoms with Crippen LogP contribution in [0.3, 0.4) is 0 Å². The third-order valence-electron chi connectivity index (χ3n) is 2.51. The molecule has 0 spiro atoms. The minimum atomic E-state index is 0.652. The Labute approximate surface area is 92.8 Å². The average Bonchev–Trinajstić information content (AvgIpc) is 2.75. The molecule has 1 aromatic carbocycles. The Morgan fingerprint density at radius 3 is 2.94 bits per heavy atom. The molecule has 78 valence electrons. The Kier molecular flexibility index (Phi) is 1.96. The summed E-state index contributed by atoms with van der Waals surface area (Å²) in [5.74, 6) is 0. The van der Waals surface area contributed by atoms with E-state index in [1.54, 1.807) is 0 Å². The van der Waals surface area contributed by atoms with E-state index < -0.39 is 0 Å². The van der Waals surface area contributed by atoms with Crippen LogP contribution in [0.15, 0.2) is 47.2 Å². The van der Waals surface area contributed by atoms with Crippen molar-refractivity contribution >= 4 is 11.2 Å². The van der Waals surface area contributed by atoms with Crippen LogP contribution < -0.4 is 0 Å². The molecular weight excluding hydrogens is 200 g/mol. The topological polar surface area (TPSA) is 38.9 Å². The normalized spacial score (nSPS) is 10.8. The fourth-order valence-electron chi connectivity index (χ4n) is 1.72. The first-order chi connectivity index (χ1) is 7.83. The minimum Gasteiger partial charge on any atom is -0.442 e. The van der Waals surface area contributed by atoms with Crippen LogP contribution in [0.4, 0.5) is 0 Å². The third kappa shape index (κ3) is 1.46. The van der Waals surface area contributed by atoms with Gasteiger partial charge in [-0.15, -0.1) is 0 Å². The first-order valence-corrected chi connectivity index (χ1v) is 5.10. The summed E-state index contributed by atoms with van der Waals surface area (Å²) < 4.78 is 5.16. The lowest BCUT2D eigenvalue weighted by Gasteiger charge is -2.01. The predicted octanol–water partition coefficient (Wildman–Crippen LogP) is 3.20. The van der Waals surface area contributed by atoms with E-state index in [1.165, 1.54) is 12.0 Å². The summed E-state index contributed by atoms with van der Waals surface area (Å²) >= 11 is 0. The second-order valence-corrected chi connectivity index (χ2v) is 3.74. The Morgan fingerprint density at radius 2 is 2.06 bits per heavy atom. The average molecular weight is 210 g/mol. The van der Waals surface area contributed by atoms with Crippen LogP contribution in [0, 0.1) is 6.92 Å². The van der Waals surface area contributed by atoms with Crippen molar-refractivity contribution in [1.82, 2.24) is 9.97 Å². The van der Waals surface area contributed by atoms with Gasteiger partial charge in [-0.1, -0.05) is 23.8 Å². The lowest BCUT2D eigenvalue weighted by atomic mass is 10.1. The Balaban J connectivity index is 2.18. The summed E-state index contributed by atoms with van der Waals surface area (Å²) in [5, 5.41) is 0. The fraction of sp³-hybridized carbons (Fsp3) is 0.0769. The van der Waals surface area contributed by atoms with Gasteiger partial charge in [-0.05, 0) is 25.1 Å². The number of hydrogen-bond acceptors (Lipinski definition) is 3. The van der Waals surface area contributed by atoms with Crippen molar-refractivity contribution < 1.29 is 4.42 Å². The zero-order valence-electron chi connectivity index (χ0n) is 8.84. The maximum atomic E-state index is 5.16. The van der Waals surface area contributed by atoms with E-state index in [4.69, 9.17) is 4.42 Å². The SMILES string of the molecule is Cc1cccc(-c2ccc3ocnc3n2)c1. The Morgan fingerprint density at radius 1 is 1.12 bits per heavy atom. The highest BCUT2D eigenvalue weighted by Gasteiger charge is 2.03. The van der Waals surface area contributed by atoms with Crippen molar-refractivity contribution in [2.45, 2.75) is 6.92 Å². The number of aryl methyl sites for hydroxylation is 1. The molecule has 0 N–H and O–H groups in total. The molecule has 0 aliphatic carbocycles. The van der Waals surface area contributed by atoms with E-state index >= 15 is 0 Å². The van der Waals surface area contributed by atoms with Crippen LogP contribution in [0.5, 0.6) is 0 Å². The number of benzene rings is 1. The first kappa shape index (κ1) is 9.09. The second-order valence-electron chi connectivity index (χ2n) is 3.74. The number of nitrogens with zero attached hydrogens (tertiary/aromatic N) is 2. The summed E-state index contributed by atoms with van der Waals surface area (Å²) in [6.45, 7) is 2.07. The summed E-state index contributed by atoms with van der Waals surface area (Å²) in [7, 11) is 0. The summed E-state index contributed by atoms with van der Waals surface area (Å²) in [5.41, 5.74) is 4.62. The largest absolute Gasteiger partial charge is 0.442 e. The van der Waals surface area contributed by atoms with Gasteiger partial charge in [0.2, 0.25) is 0 Å². The molecule has 0 bridgehead atoms. The van der Waals surface area contributed by atoms with Gasteiger partial charge in [0.15, 0.2) is 17.6 Å². The van der Waals surface area contributed by atoms with Crippen LogP contribution in [-0.2, 0) is 0 Å². The molecule has 0 saturated carbocycles. The second kappa shape index (κ2) is 3.45. The van der Waals surface area contributed by atoms with Crippen LogP contribution in [0.25, 0.3) is 22.5 Å². The molecule has 3 rings (SSSR count). The molecule has 0 radical (unpaired) electrons. The molecule has 16 heavy (non-hydrogen) atoms. The fourth-order valence-corrected chi connectivity index (χ4v) is 1.72. The van der Waals surface area contributed by atoms with Crippen LogP contribution in [-0.4, -0.2) is 9.97 Å². The van der Waals surface area contributed by atoms with Gasteiger partial charge in [-0.25, -0.2) is 4.98 Å². The molecule has 0 atom stereocenters. The molecule has 2 heterocycles. The predicted molar refractivity (Wildman–Crippen MR) is 62.0 cm³/mol. The van der Waals surface area contributed by atoms with E-state index in [1.807, 2.05) is 24.3 Å². The molecule has 3 aromatic rings.